The van der Waals surface area contributed by atoms with Gasteiger partial charge in [0.05, 0.1) is 10.6 Å². The van der Waals surface area contributed by atoms with Gasteiger partial charge in [-0.2, -0.15) is 0 Å². The van der Waals surface area contributed by atoms with E-state index >= 15 is 0 Å². The molecule has 2 aromatic rings. The molecule has 9 nitrogen and oxygen atoms in total. The van der Waals surface area contributed by atoms with Crippen LogP contribution in [0.15, 0.2) is 58.4 Å². The molecular weight excluding hydrogens is 452 g/mol. The second-order valence-corrected chi connectivity index (χ2v) is 11.2. The number of fused-ring (bicyclic) bond motifs is 1. The Labute approximate surface area is 188 Å². The molecule has 0 aromatic heterocycles. The molecule has 0 radical (unpaired) electrons. The Morgan fingerprint density at radius 1 is 1.03 bits per heavy atom. The lowest BCUT2D eigenvalue weighted by Gasteiger charge is -2.11. The minimum atomic E-state index is -3.67. The fourth-order valence-electron chi connectivity index (χ4n) is 3.19. The number of nitrogens with one attached hydrogen (secondary N) is 3. The highest BCUT2D eigenvalue weighted by Crippen LogP contribution is 2.22. The van der Waals surface area contributed by atoms with E-state index in [2.05, 4.69) is 19.8 Å². The Kier molecular flexibility index (Phi) is 7.01. The van der Waals surface area contributed by atoms with Crippen LogP contribution in [-0.4, -0.2) is 40.7 Å². The first-order valence-corrected chi connectivity index (χ1v) is 13.2. The van der Waals surface area contributed by atoms with Crippen molar-refractivity contribution in [2.45, 2.75) is 50.0 Å². The Hall–Kier alpha value is -2.76. The summed E-state index contributed by atoms with van der Waals surface area (Å²) < 4.78 is 53.3. The second-order valence-electron chi connectivity index (χ2n) is 7.82. The maximum atomic E-state index is 12.5. The largest absolute Gasteiger partial charge is 0.350 e. The van der Waals surface area contributed by atoms with Gasteiger partial charge in [0.25, 0.3) is 10.0 Å². The lowest BCUT2D eigenvalue weighted by molar-refractivity contribution is -0.122. The third-order valence-corrected chi connectivity index (χ3v) is 7.57. The van der Waals surface area contributed by atoms with Gasteiger partial charge in [0.1, 0.15) is 11.9 Å². The molecule has 0 saturated heterocycles. The van der Waals surface area contributed by atoms with Gasteiger partial charge >= 0.3 is 0 Å². The van der Waals surface area contributed by atoms with Crippen molar-refractivity contribution < 1.29 is 21.6 Å². The first-order chi connectivity index (χ1) is 15.0. The van der Waals surface area contributed by atoms with Gasteiger partial charge in [0.15, 0.2) is 0 Å². The number of hydrogen-bond donors (Lipinski definition) is 3. The Balaban J connectivity index is 1.60. The number of amides is 1. The standard InChI is InChI=1S/C21H26N4O5S2/c1-14(2)24-31(27,28)13-17-10-8-16(9-11-17)12-22-21(26)15(3)23-20-18-6-4-5-7-19(18)32(29,30)25-20/h4-11,14-15,24H,12-13H2,1-3H3,(H,22,26)(H,23,25)/t15-/m1/s1. The number of carbonyl (C=O) groups excluding carboxylic acids is 1. The predicted molar refractivity (Wildman–Crippen MR) is 122 cm³/mol. The maximum absolute atomic E-state index is 12.5. The van der Waals surface area contributed by atoms with Gasteiger partial charge in [-0.1, -0.05) is 36.4 Å². The van der Waals surface area contributed by atoms with Crippen LogP contribution in [-0.2, 0) is 37.1 Å². The van der Waals surface area contributed by atoms with E-state index in [4.69, 9.17) is 0 Å². The van der Waals surface area contributed by atoms with Crippen molar-refractivity contribution in [1.82, 2.24) is 14.8 Å². The molecule has 32 heavy (non-hydrogen) atoms. The second kappa shape index (κ2) is 9.39. The van der Waals surface area contributed by atoms with Crippen LogP contribution in [0.25, 0.3) is 0 Å². The molecule has 1 aliphatic rings. The van der Waals surface area contributed by atoms with Crippen molar-refractivity contribution in [3.63, 3.8) is 0 Å². The van der Waals surface area contributed by atoms with E-state index in [1.54, 1.807) is 63.2 Å². The summed E-state index contributed by atoms with van der Waals surface area (Å²) in [5, 5.41) is 2.76. The molecule has 1 heterocycles. The molecule has 3 rings (SSSR count). The van der Waals surface area contributed by atoms with Gasteiger partial charge in [-0.05, 0) is 44.0 Å². The number of rotatable bonds is 8. The minimum Gasteiger partial charge on any atom is -0.350 e. The van der Waals surface area contributed by atoms with Crippen LogP contribution in [0.4, 0.5) is 0 Å². The van der Waals surface area contributed by atoms with Crippen molar-refractivity contribution in [1.29, 1.82) is 0 Å². The lowest BCUT2D eigenvalue weighted by atomic mass is 10.1. The van der Waals surface area contributed by atoms with E-state index in [1.165, 1.54) is 6.07 Å². The van der Waals surface area contributed by atoms with Crippen LogP contribution in [0.1, 0.15) is 37.5 Å². The quantitative estimate of drug-likeness (QED) is 0.525. The maximum Gasteiger partial charge on any atom is 0.263 e. The van der Waals surface area contributed by atoms with Crippen LogP contribution in [0.5, 0.6) is 0 Å². The average molecular weight is 479 g/mol. The molecule has 11 heteroatoms. The molecular formula is C21H26N4O5S2. The summed E-state index contributed by atoms with van der Waals surface area (Å²) in [4.78, 5) is 16.8. The van der Waals surface area contributed by atoms with Crippen LogP contribution in [0.2, 0.25) is 0 Å². The van der Waals surface area contributed by atoms with E-state index in [0.29, 0.717) is 11.1 Å². The van der Waals surface area contributed by atoms with Crippen LogP contribution < -0.4 is 14.8 Å². The zero-order valence-electron chi connectivity index (χ0n) is 18.0. The number of aliphatic imine (C=N–C) groups is 1. The third-order valence-electron chi connectivity index (χ3n) is 4.63. The summed E-state index contributed by atoms with van der Waals surface area (Å²) in [6, 6.07) is 12.4. The van der Waals surface area contributed by atoms with Crippen molar-refractivity contribution in [2.75, 3.05) is 0 Å². The Morgan fingerprint density at radius 2 is 1.66 bits per heavy atom. The minimum absolute atomic E-state index is 0.121. The van der Waals surface area contributed by atoms with Gasteiger partial charge in [-0.3, -0.25) is 14.5 Å². The van der Waals surface area contributed by atoms with Gasteiger partial charge in [-0.15, -0.1) is 0 Å². The predicted octanol–water partition coefficient (Wildman–Crippen LogP) is 1.26. The van der Waals surface area contributed by atoms with E-state index in [9.17, 15) is 21.6 Å². The summed E-state index contributed by atoms with van der Waals surface area (Å²) in [7, 11) is -7.07. The summed E-state index contributed by atoms with van der Waals surface area (Å²) in [5.74, 6) is -0.346. The van der Waals surface area contributed by atoms with E-state index in [0.717, 1.165) is 5.56 Å². The van der Waals surface area contributed by atoms with E-state index < -0.39 is 26.1 Å². The Morgan fingerprint density at radius 3 is 2.31 bits per heavy atom. The molecule has 0 spiro atoms. The van der Waals surface area contributed by atoms with E-state index in [-0.39, 0.29) is 35.0 Å². The highest BCUT2D eigenvalue weighted by Gasteiger charge is 2.31. The molecule has 3 N–H and O–H groups in total. The first-order valence-electron chi connectivity index (χ1n) is 10.0. The van der Waals surface area contributed by atoms with Crippen molar-refractivity contribution in [3.05, 3.63) is 65.2 Å². The van der Waals surface area contributed by atoms with Crippen LogP contribution in [0.3, 0.4) is 0 Å². The lowest BCUT2D eigenvalue weighted by Crippen LogP contribution is -2.33. The summed E-state index contributed by atoms with van der Waals surface area (Å²) >= 11 is 0. The summed E-state index contributed by atoms with van der Waals surface area (Å²) in [6.07, 6.45) is 0. The number of sulfonamides is 2. The number of hydrogen-bond acceptors (Lipinski definition) is 6. The molecule has 0 unspecified atom stereocenters. The number of benzene rings is 2. The Bertz CT molecular complexity index is 1240. The molecule has 1 atom stereocenters. The van der Waals surface area contributed by atoms with Crippen molar-refractivity contribution in [3.8, 4) is 0 Å². The zero-order chi connectivity index (χ0) is 23.5. The highest BCUT2D eigenvalue weighted by atomic mass is 32.2. The van der Waals surface area contributed by atoms with Gasteiger partial charge in [-0.25, -0.2) is 21.6 Å². The molecule has 2 aromatic carbocycles. The van der Waals surface area contributed by atoms with Gasteiger partial charge in [0.2, 0.25) is 15.9 Å². The number of nitrogens with zero attached hydrogens (tertiary/aromatic N) is 1. The molecule has 0 bridgehead atoms. The fraction of sp³-hybridized carbons (Fsp3) is 0.333. The fourth-order valence-corrected chi connectivity index (χ4v) is 5.86. The van der Waals surface area contributed by atoms with Crippen LogP contribution in [0, 0.1) is 0 Å². The van der Waals surface area contributed by atoms with Gasteiger partial charge in [0, 0.05) is 18.2 Å². The molecule has 0 aliphatic carbocycles. The third kappa shape index (κ3) is 5.93. The van der Waals surface area contributed by atoms with Crippen molar-refractivity contribution >= 4 is 31.8 Å². The average Bonchev–Trinajstić information content (AvgIpc) is 2.96. The normalized spacial score (nSPS) is 17.1. The van der Waals surface area contributed by atoms with Crippen molar-refractivity contribution in [2.24, 2.45) is 4.99 Å². The zero-order valence-corrected chi connectivity index (χ0v) is 19.6. The smallest absolute Gasteiger partial charge is 0.263 e. The first kappa shape index (κ1) is 23.9. The molecule has 0 saturated carbocycles. The van der Waals surface area contributed by atoms with Gasteiger partial charge < -0.3 is 5.32 Å². The molecule has 1 aliphatic heterocycles. The number of carbonyl (C=O) groups is 1. The summed E-state index contributed by atoms with van der Waals surface area (Å²) in [6.45, 7) is 5.33. The molecule has 1 amide bonds. The monoisotopic (exact) mass is 478 g/mol. The summed E-state index contributed by atoms with van der Waals surface area (Å²) in [5.41, 5.74) is 1.87. The SMILES string of the molecule is CC(C)NS(=O)(=O)Cc1ccc(CNC(=O)[C@@H](C)N=C2NS(=O)(=O)c3ccccc32)cc1. The molecule has 172 valence electrons. The van der Waals surface area contributed by atoms with E-state index in [1.807, 2.05) is 0 Å². The molecule has 0 fully saturated rings. The van der Waals surface area contributed by atoms with Crippen LogP contribution >= 0.6 is 0 Å². The number of amidine groups is 1. The topological polar surface area (TPSA) is 134 Å². The highest BCUT2D eigenvalue weighted by molar-refractivity contribution is 7.90.